The van der Waals surface area contributed by atoms with Gasteiger partial charge in [-0.15, -0.1) is 0 Å². The lowest BCUT2D eigenvalue weighted by Crippen LogP contribution is -2.54. The van der Waals surface area contributed by atoms with Gasteiger partial charge in [-0.05, 0) is 48.2 Å². The van der Waals surface area contributed by atoms with E-state index in [1.54, 1.807) is 0 Å². The van der Waals surface area contributed by atoms with Crippen LogP contribution >= 0.6 is 0 Å². The van der Waals surface area contributed by atoms with Crippen molar-refractivity contribution in [1.29, 1.82) is 0 Å². The van der Waals surface area contributed by atoms with Gasteiger partial charge in [0.1, 0.15) is 0 Å². The summed E-state index contributed by atoms with van der Waals surface area (Å²) < 4.78 is 19.7. The first-order chi connectivity index (χ1) is 14.5. The fraction of sp³-hybridized carbons (Fsp3) is 0.769. The van der Waals surface area contributed by atoms with Crippen LogP contribution in [0.15, 0.2) is 30.3 Å². The Bertz CT molecular complexity index is 707. The maximum Gasteiger partial charge on any atom is 0.192 e. The second kappa shape index (κ2) is 10.4. The molecule has 2 rings (SSSR count). The van der Waals surface area contributed by atoms with E-state index in [9.17, 15) is 5.11 Å². The minimum atomic E-state index is -2.00. The number of aliphatic hydroxyl groups excluding tert-OH is 1. The summed E-state index contributed by atoms with van der Waals surface area (Å²) in [4.78, 5) is 0. The monoisotopic (exact) mass is 480 g/mol. The van der Waals surface area contributed by atoms with Gasteiger partial charge in [-0.1, -0.05) is 71.9 Å². The smallest absolute Gasteiger partial charge is 0.192 e. The maximum absolute atomic E-state index is 11.2. The predicted octanol–water partition coefficient (Wildman–Crippen LogP) is 6.75. The van der Waals surface area contributed by atoms with Crippen LogP contribution in [-0.4, -0.2) is 46.7 Å². The van der Waals surface area contributed by atoms with Crippen molar-refractivity contribution < 1.29 is 18.7 Å². The van der Waals surface area contributed by atoms with E-state index >= 15 is 0 Å². The van der Waals surface area contributed by atoms with Crippen molar-refractivity contribution in [3.8, 4) is 0 Å². The number of hydrogen-bond donors (Lipinski definition) is 1. The Hall–Kier alpha value is -0.506. The number of benzene rings is 1. The average Bonchev–Trinajstić information content (AvgIpc) is 2.64. The summed E-state index contributed by atoms with van der Waals surface area (Å²) in [7, 11) is -3.91. The topological polar surface area (TPSA) is 47.9 Å². The second-order valence-corrected chi connectivity index (χ2v) is 22.2. The second-order valence-electron chi connectivity index (χ2n) is 12.6. The molecule has 0 aromatic heterocycles. The quantitative estimate of drug-likeness (QED) is 0.418. The van der Waals surface area contributed by atoms with Crippen LogP contribution in [0.2, 0.25) is 36.3 Å². The van der Waals surface area contributed by atoms with Crippen molar-refractivity contribution in [3.05, 3.63) is 35.9 Å². The summed E-state index contributed by atoms with van der Waals surface area (Å²) in [5, 5.41) is 11.5. The van der Waals surface area contributed by atoms with E-state index in [4.69, 9.17) is 13.6 Å². The highest BCUT2D eigenvalue weighted by Crippen LogP contribution is 2.42. The number of aliphatic hydroxyl groups is 1. The third-order valence-corrected chi connectivity index (χ3v) is 17.0. The van der Waals surface area contributed by atoms with Crippen LogP contribution in [0.25, 0.3) is 0 Å². The zero-order valence-corrected chi connectivity index (χ0v) is 24.2. The van der Waals surface area contributed by atoms with Gasteiger partial charge in [0.2, 0.25) is 0 Å². The Morgan fingerprint density at radius 1 is 0.875 bits per heavy atom. The van der Waals surface area contributed by atoms with E-state index in [1.165, 1.54) is 0 Å². The molecular weight excluding hydrogens is 432 g/mol. The fourth-order valence-electron chi connectivity index (χ4n) is 3.58. The molecule has 6 heteroatoms. The maximum atomic E-state index is 11.2. The third kappa shape index (κ3) is 7.24. The van der Waals surface area contributed by atoms with Gasteiger partial charge in [0.05, 0.1) is 24.9 Å². The molecule has 4 nitrogen and oxygen atoms in total. The molecule has 0 aliphatic heterocycles. The molecule has 1 saturated carbocycles. The molecule has 1 fully saturated rings. The Balaban J connectivity index is 2.16. The molecule has 4 atom stereocenters. The number of ether oxygens (including phenoxy) is 1. The summed E-state index contributed by atoms with van der Waals surface area (Å²) in [5.74, 6) is -0.0187. The summed E-state index contributed by atoms with van der Waals surface area (Å²) in [6.07, 6.45) is 0.899. The molecule has 1 N–H and O–H groups in total. The predicted molar refractivity (Wildman–Crippen MR) is 139 cm³/mol. The van der Waals surface area contributed by atoms with Gasteiger partial charge in [0.25, 0.3) is 0 Å². The molecule has 0 heterocycles. The molecule has 0 spiro atoms. The molecule has 32 heavy (non-hydrogen) atoms. The van der Waals surface area contributed by atoms with Crippen LogP contribution in [-0.2, 0) is 20.2 Å². The summed E-state index contributed by atoms with van der Waals surface area (Å²) in [6.45, 7) is 23.8. The average molecular weight is 481 g/mol. The van der Waals surface area contributed by atoms with Crippen molar-refractivity contribution in [3.63, 3.8) is 0 Å². The minimum absolute atomic E-state index is 0.0101. The number of hydrogen-bond acceptors (Lipinski definition) is 4. The zero-order valence-electron chi connectivity index (χ0n) is 22.2. The molecule has 1 aliphatic rings. The van der Waals surface area contributed by atoms with Gasteiger partial charge in [0.15, 0.2) is 16.6 Å². The lowest BCUT2D eigenvalue weighted by atomic mass is 9.83. The first-order valence-corrected chi connectivity index (χ1v) is 18.0. The molecule has 184 valence electrons. The molecule has 0 bridgehead atoms. The highest BCUT2D eigenvalue weighted by Gasteiger charge is 2.46. The summed E-state index contributed by atoms with van der Waals surface area (Å²) in [5.41, 5.74) is 1.16. The molecular formula is C26H48O4Si2. The van der Waals surface area contributed by atoms with E-state index in [1.807, 2.05) is 18.2 Å². The van der Waals surface area contributed by atoms with E-state index < -0.39 is 22.7 Å². The van der Waals surface area contributed by atoms with E-state index in [0.717, 1.165) is 12.0 Å². The van der Waals surface area contributed by atoms with Crippen molar-refractivity contribution in [1.82, 2.24) is 0 Å². The lowest BCUT2D eigenvalue weighted by molar-refractivity contribution is -0.104. The van der Waals surface area contributed by atoms with Gasteiger partial charge in [-0.2, -0.15) is 0 Å². The van der Waals surface area contributed by atoms with Gasteiger partial charge in [-0.25, -0.2) is 0 Å². The molecule has 0 radical (unpaired) electrons. The Labute approximate surface area is 199 Å². The van der Waals surface area contributed by atoms with E-state index in [0.29, 0.717) is 19.6 Å². The Kier molecular flexibility index (Phi) is 9.02. The summed E-state index contributed by atoms with van der Waals surface area (Å²) in [6, 6.07) is 10.2. The zero-order chi connectivity index (χ0) is 24.4. The van der Waals surface area contributed by atoms with Crippen LogP contribution in [0.3, 0.4) is 0 Å². The Morgan fingerprint density at radius 2 is 1.44 bits per heavy atom. The van der Waals surface area contributed by atoms with Crippen molar-refractivity contribution in [2.24, 2.45) is 5.92 Å². The van der Waals surface area contributed by atoms with Gasteiger partial charge in [0, 0.05) is 18.9 Å². The normalized spacial score (nSPS) is 25.7. The van der Waals surface area contributed by atoms with Crippen LogP contribution in [0, 0.1) is 5.92 Å². The molecule has 1 aromatic carbocycles. The molecule has 0 saturated heterocycles. The largest absolute Gasteiger partial charge is 0.416 e. The molecule has 1 aromatic rings. The molecule has 0 unspecified atom stereocenters. The van der Waals surface area contributed by atoms with Gasteiger partial charge in [-0.3, -0.25) is 0 Å². The molecule has 1 aliphatic carbocycles. The van der Waals surface area contributed by atoms with Crippen LogP contribution in [0.1, 0.15) is 59.9 Å². The van der Waals surface area contributed by atoms with Crippen LogP contribution < -0.4 is 0 Å². The van der Waals surface area contributed by atoms with Gasteiger partial charge < -0.3 is 18.7 Å². The van der Waals surface area contributed by atoms with Crippen molar-refractivity contribution >= 4 is 16.6 Å². The van der Waals surface area contributed by atoms with Crippen molar-refractivity contribution in [2.45, 2.75) is 116 Å². The van der Waals surface area contributed by atoms with E-state index in [-0.39, 0.29) is 28.2 Å². The third-order valence-electron chi connectivity index (χ3n) is 7.99. The Morgan fingerprint density at radius 3 is 1.97 bits per heavy atom. The number of rotatable bonds is 8. The van der Waals surface area contributed by atoms with Crippen molar-refractivity contribution in [2.75, 3.05) is 6.61 Å². The molecule has 0 amide bonds. The summed E-state index contributed by atoms with van der Waals surface area (Å²) >= 11 is 0. The van der Waals surface area contributed by atoms with Gasteiger partial charge >= 0.3 is 0 Å². The standard InChI is InChI=1S/C26H48O4Si2/c1-25(2,3)31(7,8)29-19-22-23(27)16-21(28-18-20-14-12-11-13-15-20)17-24(22)30-32(9,10)26(4,5)6/h11-15,21-24,27H,16-19H2,1-10H3/t21-,22+,23+,24-/m0/s1. The highest BCUT2D eigenvalue weighted by molar-refractivity contribution is 6.74. The van der Waals surface area contributed by atoms with Crippen LogP contribution in [0.5, 0.6) is 0 Å². The minimum Gasteiger partial charge on any atom is -0.416 e. The first-order valence-electron chi connectivity index (χ1n) is 12.2. The SMILES string of the molecule is CC(C)(C)[Si](C)(C)OC[C@@H]1[C@H](O)C[C@H](OCc2ccccc2)C[C@@H]1O[Si](C)(C)C(C)(C)C. The fourth-order valence-corrected chi connectivity index (χ4v) is 6.00. The highest BCUT2D eigenvalue weighted by atomic mass is 28.4. The lowest BCUT2D eigenvalue weighted by Gasteiger charge is -2.47. The van der Waals surface area contributed by atoms with E-state index in [2.05, 4.69) is 79.9 Å². The first kappa shape index (κ1) is 27.7. The van der Waals surface area contributed by atoms with Crippen LogP contribution in [0.4, 0.5) is 0 Å².